The van der Waals surface area contributed by atoms with Gasteiger partial charge in [0.2, 0.25) is 0 Å². The highest BCUT2D eigenvalue weighted by molar-refractivity contribution is 4.71. The van der Waals surface area contributed by atoms with Crippen LogP contribution in [0, 0.1) is 5.92 Å². The van der Waals surface area contributed by atoms with Crippen LogP contribution in [-0.4, -0.2) is 24.0 Å². The first-order valence-corrected chi connectivity index (χ1v) is 14.9. The van der Waals surface area contributed by atoms with Gasteiger partial charge in [-0.15, -0.1) is 0 Å². The Morgan fingerprint density at radius 3 is 1.26 bits per heavy atom. The van der Waals surface area contributed by atoms with Crippen molar-refractivity contribution < 1.29 is 0 Å². The Hall–Kier alpha value is -0.0400. The Labute approximate surface area is 199 Å². The highest BCUT2D eigenvalue weighted by Gasteiger charge is 2.16. The topological polar surface area (TPSA) is 3.24 Å². The molecule has 0 saturated carbocycles. The lowest BCUT2D eigenvalue weighted by Crippen LogP contribution is -2.35. The fourth-order valence-corrected chi connectivity index (χ4v) is 4.97. The predicted molar refractivity (Wildman–Crippen MR) is 144 cm³/mol. The van der Waals surface area contributed by atoms with E-state index in [1.807, 2.05) is 0 Å². The van der Waals surface area contributed by atoms with Gasteiger partial charge in [0.05, 0.1) is 0 Å². The molecular formula is C30H63N. The molecule has 1 heteroatoms. The molecule has 0 fully saturated rings. The zero-order valence-electron chi connectivity index (χ0n) is 22.9. The number of hydrogen-bond donors (Lipinski definition) is 0. The summed E-state index contributed by atoms with van der Waals surface area (Å²) >= 11 is 0. The van der Waals surface area contributed by atoms with E-state index in [0.717, 1.165) is 12.0 Å². The third kappa shape index (κ3) is 20.3. The lowest BCUT2D eigenvalue weighted by Gasteiger charge is -2.30. The molecule has 0 amide bonds. The SMILES string of the molecule is CCCCCCCCCCCC(CCCCCC)CCC(C)N(CCCC)CCCC. The fraction of sp³-hybridized carbons (Fsp3) is 1.00. The summed E-state index contributed by atoms with van der Waals surface area (Å²) in [6.45, 7) is 14.5. The van der Waals surface area contributed by atoms with Crippen LogP contribution < -0.4 is 0 Å². The molecule has 0 rings (SSSR count). The minimum atomic E-state index is 0.777. The highest BCUT2D eigenvalue weighted by Crippen LogP contribution is 2.25. The van der Waals surface area contributed by atoms with E-state index in [4.69, 9.17) is 0 Å². The first kappa shape index (κ1) is 31.0. The van der Waals surface area contributed by atoms with Crippen LogP contribution in [0.15, 0.2) is 0 Å². The molecule has 0 N–H and O–H groups in total. The average molecular weight is 438 g/mol. The zero-order chi connectivity index (χ0) is 23.0. The molecule has 0 spiro atoms. The van der Waals surface area contributed by atoms with E-state index >= 15 is 0 Å². The van der Waals surface area contributed by atoms with E-state index in [1.54, 1.807) is 0 Å². The largest absolute Gasteiger partial charge is 0.301 e. The Morgan fingerprint density at radius 2 is 0.806 bits per heavy atom. The van der Waals surface area contributed by atoms with E-state index in [1.165, 1.54) is 148 Å². The van der Waals surface area contributed by atoms with Crippen LogP contribution in [0.25, 0.3) is 0 Å². The molecule has 0 radical (unpaired) electrons. The lowest BCUT2D eigenvalue weighted by atomic mass is 9.89. The molecule has 0 aromatic heterocycles. The zero-order valence-corrected chi connectivity index (χ0v) is 22.9. The summed E-state index contributed by atoms with van der Waals surface area (Å²) in [6, 6.07) is 0.777. The standard InChI is InChI=1S/C30H63N/c1-6-10-14-16-17-18-19-20-22-24-30(23-21-15-11-7-2)26-25-29(5)31(27-12-8-3)28-13-9-4/h29-30H,6-28H2,1-5H3. The monoisotopic (exact) mass is 437 g/mol. The molecule has 0 aliphatic rings. The van der Waals surface area contributed by atoms with Gasteiger partial charge in [-0.2, -0.15) is 0 Å². The van der Waals surface area contributed by atoms with Crippen molar-refractivity contribution in [1.29, 1.82) is 0 Å². The van der Waals surface area contributed by atoms with Crippen molar-refractivity contribution in [2.45, 2.75) is 175 Å². The van der Waals surface area contributed by atoms with E-state index < -0.39 is 0 Å². The maximum Gasteiger partial charge on any atom is 0.00670 e. The molecule has 1 nitrogen and oxygen atoms in total. The quantitative estimate of drug-likeness (QED) is 0.128. The molecular weight excluding hydrogens is 374 g/mol. The molecule has 31 heavy (non-hydrogen) atoms. The van der Waals surface area contributed by atoms with E-state index in [9.17, 15) is 0 Å². The van der Waals surface area contributed by atoms with Crippen LogP contribution in [0.2, 0.25) is 0 Å². The molecule has 0 bridgehead atoms. The van der Waals surface area contributed by atoms with Gasteiger partial charge >= 0.3 is 0 Å². The molecule has 0 saturated heterocycles. The van der Waals surface area contributed by atoms with Crippen LogP contribution in [0.1, 0.15) is 169 Å². The predicted octanol–water partition coefficient (Wildman–Crippen LogP) is 10.6. The molecule has 0 aromatic carbocycles. The van der Waals surface area contributed by atoms with Crippen molar-refractivity contribution in [2.75, 3.05) is 13.1 Å². The summed E-state index contributed by atoms with van der Waals surface area (Å²) in [7, 11) is 0. The second-order valence-electron chi connectivity index (χ2n) is 10.5. The average Bonchev–Trinajstić information content (AvgIpc) is 2.78. The third-order valence-electron chi connectivity index (χ3n) is 7.40. The second-order valence-corrected chi connectivity index (χ2v) is 10.5. The van der Waals surface area contributed by atoms with Crippen LogP contribution in [0.3, 0.4) is 0 Å². The summed E-state index contributed by atoms with van der Waals surface area (Å²) in [6.07, 6.45) is 30.1. The summed E-state index contributed by atoms with van der Waals surface area (Å²) in [5.74, 6) is 0.989. The molecule has 0 aromatic rings. The van der Waals surface area contributed by atoms with Gasteiger partial charge in [0.15, 0.2) is 0 Å². The highest BCUT2D eigenvalue weighted by atomic mass is 15.1. The molecule has 2 unspecified atom stereocenters. The van der Waals surface area contributed by atoms with Gasteiger partial charge in [0.1, 0.15) is 0 Å². The van der Waals surface area contributed by atoms with Gasteiger partial charge in [-0.3, -0.25) is 0 Å². The van der Waals surface area contributed by atoms with E-state index in [2.05, 4.69) is 39.5 Å². The van der Waals surface area contributed by atoms with Gasteiger partial charge < -0.3 is 4.90 Å². The van der Waals surface area contributed by atoms with Crippen molar-refractivity contribution in [2.24, 2.45) is 5.92 Å². The smallest absolute Gasteiger partial charge is 0.00670 e. The summed E-state index contributed by atoms with van der Waals surface area (Å²) in [5.41, 5.74) is 0. The molecule has 188 valence electrons. The second kappa shape index (κ2) is 24.6. The normalized spacial score (nSPS) is 13.7. The Balaban J connectivity index is 4.25. The lowest BCUT2D eigenvalue weighted by molar-refractivity contribution is 0.182. The van der Waals surface area contributed by atoms with Crippen molar-refractivity contribution in [1.82, 2.24) is 4.90 Å². The van der Waals surface area contributed by atoms with Gasteiger partial charge in [-0.05, 0) is 51.6 Å². The maximum absolute atomic E-state index is 2.81. The van der Waals surface area contributed by atoms with E-state index in [-0.39, 0.29) is 0 Å². The summed E-state index contributed by atoms with van der Waals surface area (Å²) < 4.78 is 0. The van der Waals surface area contributed by atoms with Crippen molar-refractivity contribution in [3.8, 4) is 0 Å². The first-order valence-electron chi connectivity index (χ1n) is 14.9. The van der Waals surface area contributed by atoms with Crippen molar-refractivity contribution in [3.63, 3.8) is 0 Å². The van der Waals surface area contributed by atoms with Gasteiger partial charge in [0.25, 0.3) is 0 Å². The molecule has 0 aliphatic carbocycles. The van der Waals surface area contributed by atoms with Crippen molar-refractivity contribution >= 4 is 0 Å². The van der Waals surface area contributed by atoms with Gasteiger partial charge in [-0.1, -0.05) is 137 Å². The number of rotatable bonds is 25. The van der Waals surface area contributed by atoms with Crippen molar-refractivity contribution in [3.05, 3.63) is 0 Å². The Kier molecular flexibility index (Phi) is 24.6. The van der Waals surface area contributed by atoms with Gasteiger partial charge in [0, 0.05) is 6.04 Å². The number of unbranched alkanes of at least 4 members (excludes halogenated alkanes) is 13. The Bertz CT molecular complexity index is 318. The maximum atomic E-state index is 2.81. The molecule has 0 heterocycles. The number of nitrogens with zero attached hydrogens (tertiary/aromatic N) is 1. The summed E-state index contributed by atoms with van der Waals surface area (Å²) in [4.78, 5) is 2.81. The van der Waals surface area contributed by atoms with Crippen LogP contribution in [0.4, 0.5) is 0 Å². The van der Waals surface area contributed by atoms with Crippen LogP contribution in [0.5, 0.6) is 0 Å². The minimum absolute atomic E-state index is 0.777. The Morgan fingerprint density at radius 1 is 0.419 bits per heavy atom. The van der Waals surface area contributed by atoms with Gasteiger partial charge in [-0.25, -0.2) is 0 Å². The molecule has 2 atom stereocenters. The van der Waals surface area contributed by atoms with E-state index in [0.29, 0.717) is 0 Å². The van der Waals surface area contributed by atoms with Crippen LogP contribution >= 0.6 is 0 Å². The molecule has 0 aliphatic heterocycles. The third-order valence-corrected chi connectivity index (χ3v) is 7.40. The first-order chi connectivity index (χ1) is 15.2. The van der Waals surface area contributed by atoms with Crippen LogP contribution in [-0.2, 0) is 0 Å². The minimum Gasteiger partial charge on any atom is -0.301 e. The number of hydrogen-bond acceptors (Lipinski definition) is 1. The fourth-order valence-electron chi connectivity index (χ4n) is 4.97. The summed E-state index contributed by atoms with van der Waals surface area (Å²) in [5, 5.41) is 0.